The molecule has 2 heterocycles. The van der Waals surface area contributed by atoms with Gasteiger partial charge >= 0.3 is 6.18 Å². The van der Waals surface area contributed by atoms with E-state index in [1.165, 1.54) is 18.3 Å². The summed E-state index contributed by atoms with van der Waals surface area (Å²) in [7, 11) is -5.27. The Hall–Kier alpha value is -4.07. The number of rotatable bonds is 7. The molecule has 2 unspecified atom stereocenters. The molecule has 1 aliphatic rings. The predicted molar refractivity (Wildman–Crippen MR) is 172 cm³/mol. The zero-order chi connectivity index (χ0) is 33.1. The first-order valence-corrected chi connectivity index (χ1v) is 17.1. The molecule has 4 aromatic rings. The first kappa shape index (κ1) is 33.3. The molecule has 3 aromatic carbocycles. The highest BCUT2D eigenvalue weighted by Gasteiger charge is 2.33. The van der Waals surface area contributed by atoms with E-state index >= 15 is 0 Å². The molecule has 14 heteroatoms. The Morgan fingerprint density at radius 1 is 1.04 bits per heavy atom. The molecular weight excluding hydrogens is 661 g/mol. The van der Waals surface area contributed by atoms with Crippen molar-refractivity contribution in [3.8, 4) is 5.75 Å². The number of hydrogen-bond acceptors (Lipinski definition) is 6. The van der Waals surface area contributed by atoms with E-state index in [1.54, 1.807) is 37.3 Å². The van der Waals surface area contributed by atoms with Gasteiger partial charge in [0.1, 0.15) is 5.75 Å². The summed E-state index contributed by atoms with van der Waals surface area (Å²) >= 11 is 6.15. The number of methoxy groups -OCH3 is 1. The number of halogens is 4. The zero-order valence-corrected chi connectivity index (χ0v) is 27.0. The Balaban J connectivity index is 1.62. The predicted octanol–water partition coefficient (Wildman–Crippen LogP) is 6.96. The molecule has 1 aliphatic heterocycles. The second kappa shape index (κ2) is 13.7. The topological polar surface area (TPSA) is 101 Å². The lowest BCUT2D eigenvalue weighted by atomic mass is 9.86. The first-order chi connectivity index (χ1) is 21.9. The quantitative estimate of drug-likeness (QED) is 0.154. The summed E-state index contributed by atoms with van der Waals surface area (Å²) in [6, 6.07) is 21.2. The lowest BCUT2D eigenvalue weighted by Gasteiger charge is -2.31. The van der Waals surface area contributed by atoms with E-state index in [1.807, 2.05) is 30.3 Å². The second-order valence-corrected chi connectivity index (χ2v) is 13.7. The van der Waals surface area contributed by atoms with Gasteiger partial charge in [-0.05, 0) is 66.9 Å². The monoisotopic (exact) mass is 688 g/mol. The van der Waals surface area contributed by atoms with Crippen LogP contribution in [0, 0.1) is 6.92 Å². The highest BCUT2D eigenvalue weighted by molar-refractivity contribution is 8.01. The Kier molecular flexibility index (Phi) is 9.94. The van der Waals surface area contributed by atoms with Gasteiger partial charge in [0.15, 0.2) is 0 Å². The molecule has 240 valence electrons. The number of sulfonamides is 1. The molecule has 46 heavy (non-hydrogen) atoms. The van der Waals surface area contributed by atoms with Crippen LogP contribution in [0.2, 0.25) is 5.02 Å². The summed E-state index contributed by atoms with van der Waals surface area (Å²) in [5.41, 5.74) is 2.24. The molecule has 0 aliphatic carbocycles. The summed E-state index contributed by atoms with van der Waals surface area (Å²) < 4.78 is 89.9. The van der Waals surface area contributed by atoms with Gasteiger partial charge in [0.05, 0.1) is 45.5 Å². The lowest BCUT2D eigenvalue weighted by molar-refractivity contribution is -0.137. The highest BCUT2D eigenvalue weighted by atomic mass is 35.5. The normalized spacial score (nSPS) is 16.6. The molecule has 0 N–H and O–H groups in total. The van der Waals surface area contributed by atoms with Crippen LogP contribution in [0.4, 0.5) is 13.2 Å². The number of ether oxygens (including phenoxy) is 1. The molecule has 0 spiro atoms. The number of hydrogen-bond donors (Lipinski definition) is 0. The maximum Gasteiger partial charge on any atom is 0.416 e. The Morgan fingerprint density at radius 3 is 2.35 bits per heavy atom. The van der Waals surface area contributed by atoms with Gasteiger partial charge in [-0.15, -0.1) is 4.40 Å². The van der Waals surface area contributed by atoms with Gasteiger partial charge in [0.2, 0.25) is 5.17 Å². The van der Waals surface area contributed by atoms with Crippen LogP contribution in [-0.2, 0) is 32.8 Å². The third-order valence-electron chi connectivity index (χ3n) is 7.38. The average molecular weight is 689 g/mol. The molecule has 0 fully saturated rings. The number of alkyl halides is 3. The van der Waals surface area contributed by atoms with Gasteiger partial charge < -0.3 is 4.74 Å². The van der Waals surface area contributed by atoms with Crippen molar-refractivity contribution >= 4 is 43.3 Å². The molecule has 0 radical (unpaired) electrons. The largest absolute Gasteiger partial charge is 0.496 e. The number of amidine groups is 1. The van der Waals surface area contributed by atoms with Crippen LogP contribution in [0.1, 0.15) is 40.3 Å². The van der Waals surface area contributed by atoms with Crippen LogP contribution in [-0.4, -0.2) is 47.2 Å². The van der Waals surface area contributed by atoms with Crippen LogP contribution in [0.3, 0.4) is 0 Å². The first-order valence-electron chi connectivity index (χ1n) is 13.9. The molecule has 0 saturated carbocycles. The standard InChI is InChI=1S/C32H28ClF3N4O4S2/c1-21-28(37-18-16-29(21)44-2)20-45(41)31(39-46(42,43)26-14-10-24(11-15-26)32(34,35)36)40-19-17-27(22-6-4-3-5-7-22)30(38-40)23-8-12-25(33)13-9-23/h3-16,18,27H,17,19-20H2,1-2H3/b39-31-. The van der Waals surface area contributed by atoms with Crippen molar-refractivity contribution in [2.24, 2.45) is 9.50 Å². The fraction of sp³-hybridized carbons (Fsp3) is 0.219. The fourth-order valence-corrected chi connectivity index (χ4v) is 7.63. The van der Waals surface area contributed by atoms with Gasteiger partial charge in [-0.2, -0.15) is 26.7 Å². The van der Waals surface area contributed by atoms with Gasteiger partial charge in [-0.1, -0.05) is 54.1 Å². The van der Waals surface area contributed by atoms with Crippen LogP contribution < -0.4 is 4.74 Å². The highest BCUT2D eigenvalue weighted by Crippen LogP contribution is 2.32. The van der Waals surface area contributed by atoms with Crippen molar-refractivity contribution in [1.29, 1.82) is 0 Å². The lowest BCUT2D eigenvalue weighted by Crippen LogP contribution is -2.38. The van der Waals surface area contributed by atoms with E-state index < -0.39 is 37.5 Å². The molecule has 0 saturated heterocycles. The summed E-state index contributed by atoms with van der Waals surface area (Å²) in [6.07, 6.45) is -2.72. The van der Waals surface area contributed by atoms with E-state index in [4.69, 9.17) is 21.4 Å². The minimum atomic E-state index is -4.66. The van der Waals surface area contributed by atoms with E-state index in [-0.39, 0.29) is 23.4 Å². The van der Waals surface area contributed by atoms with Gasteiger partial charge in [-0.25, -0.2) is 5.01 Å². The molecule has 8 nitrogen and oxygen atoms in total. The van der Waals surface area contributed by atoms with E-state index in [0.717, 1.165) is 17.7 Å². The van der Waals surface area contributed by atoms with E-state index in [2.05, 4.69) is 9.38 Å². The maximum atomic E-state index is 14.1. The van der Waals surface area contributed by atoms with Crippen molar-refractivity contribution in [2.75, 3.05) is 13.7 Å². The van der Waals surface area contributed by atoms with Crippen molar-refractivity contribution in [3.63, 3.8) is 0 Å². The van der Waals surface area contributed by atoms with E-state index in [0.29, 0.717) is 51.9 Å². The number of aromatic nitrogens is 1. The SMILES string of the molecule is COc1ccnc(CS(=O)/C(=N\S(=O)(=O)c2ccc(C(F)(F)F)cc2)N2CCC(c3ccccc3)C(c3ccc(Cl)cc3)=N2)c1C. The summed E-state index contributed by atoms with van der Waals surface area (Å²) in [4.78, 5) is 3.82. The number of hydrazone groups is 1. The van der Waals surface area contributed by atoms with Crippen molar-refractivity contribution in [1.82, 2.24) is 9.99 Å². The second-order valence-electron chi connectivity index (χ2n) is 10.3. The Labute approximate surface area is 272 Å². The number of pyridine rings is 1. The zero-order valence-electron chi connectivity index (χ0n) is 24.6. The molecule has 1 aromatic heterocycles. The summed E-state index contributed by atoms with van der Waals surface area (Å²) in [5.74, 6) is 0.0844. The Morgan fingerprint density at radius 2 is 1.72 bits per heavy atom. The van der Waals surface area contributed by atoms with Crippen LogP contribution in [0.5, 0.6) is 5.75 Å². The minimum absolute atomic E-state index is 0.147. The fourth-order valence-electron chi connectivity index (χ4n) is 4.96. The summed E-state index contributed by atoms with van der Waals surface area (Å²) in [6.45, 7) is 1.88. The molecule has 5 rings (SSSR count). The minimum Gasteiger partial charge on any atom is -0.496 e. The number of benzene rings is 3. The maximum absolute atomic E-state index is 14.1. The van der Waals surface area contributed by atoms with Gasteiger partial charge in [0, 0.05) is 29.2 Å². The molecule has 2 atom stereocenters. The van der Waals surface area contributed by atoms with E-state index in [9.17, 15) is 25.8 Å². The van der Waals surface area contributed by atoms with Crippen molar-refractivity contribution in [2.45, 2.75) is 36.1 Å². The van der Waals surface area contributed by atoms with Crippen LogP contribution in [0.15, 0.2) is 106 Å². The summed E-state index contributed by atoms with van der Waals surface area (Å²) in [5, 5.41) is 6.22. The Bertz CT molecular complexity index is 1900. The van der Waals surface area contributed by atoms with Crippen molar-refractivity contribution < 1.29 is 30.5 Å². The smallest absolute Gasteiger partial charge is 0.416 e. The van der Waals surface area contributed by atoms with Gasteiger partial charge in [0.25, 0.3) is 10.0 Å². The third-order valence-corrected chi connectivity index (χ3v) is 10.3. The van der Waals surface area contributed by atoms with Crippen LogP contribution >= 0.6 is 11.6 Å². The molecule has 0 amide bonds. The van der Waals surface area contributed by atoms with Crippen LogP contribution in [0.25, 0.3) is 0 Å². The average Bonchev–Trinajstić information content (AvgIpc) is 3.05. The molecular formula is C32H28ClF3N4O4S2. The van der Waals surface area contributed by atoms with Crippen molar-refractivity contribution in [3.05, 3.63) is 124 Å². The third kappa shape index (κ3) is 7.48. The van der Waals surface area contributed by atoms with Gasteiger partial charge in [-0.3, -0.25) is 9.19 Å². The number of nitrogens with zero attached hydrogens (tertiary/aromatic N) is 4. The molecule has 0 bridgehead atoms.